The molecule has 0 aromatic rings. The maximum atomic E-state index is 8.06. The zero-order valence-electron chi connectivity index (χ0n) is 8.90. The number of rotatable bonds is 8. The van der Waals surface area contributed by atoms with Crippen LogP contribution >= 0.6 is 0 Å². The van der Waals surface area contributed by atoms with E-state index in [1.54, 1.807) is 0 Å². The molecule has 0 heterocycles. The largest absolute Gasteiger partial charge is 0.401 e. The summed E-state index contributed by atoms with van der Waals surface area (Å²) in [4.78, 5) is 5.21. The van der Waals surface area contributed by atoms with Crippen molar-refractivity contribution in [1.82, 2.24) is 5.01 Å². The molecule has 9 nitrogen and oxygen atoms in total. The Morgan fingerprint density at radius 1 is 1.25 bits per heavy atom. The molecule has 0 fully saturated rings. The summed E-state index contributed by atoms with van der Waals surface area (Å²) in [5.41, 5.74) is 22.0. The van der Waals surface area contributed by atoms with E-state index in [4.69, 9.17) is 22.6 Å². The molecule has 16 heavy (non-hydrogen) atoms. The van der Waals surface area contributed by atoms with E-state index in [1.165, 1.54) is 11.2 Å². The first-order valence-electron chi connectivity index (χ1n) is 4.70. The van der Waals surface area contributed by atoms with Gasteiger partial charge in [-0.3, -0.25) is 0 Å². The van der Waals surface area contributed by atoms with E-state index >= 15 is 0 Å². The highest BCUT2D eigenvalue weighted by atomic mass is 15.4. The molecule has 0 aliphatic carbocycles. The van der Waals surface area contributed by atoms with Crippen LogP contribution in [0.5, 0.6) is 0 Å². The van der Waals surface area contributed by atoms with E-state index in [0.717, 1.165) is 12.8 Å². The standard InChI is InChI=1S/C7H15N9/c8-7(5-13-15-10)6-16(11)4-2-1-3-12-14-9/h6H,1-5,8,11H2/b7-6-. The van der Waals surface area contributed by atoms with Gasteiger partial charge >= 0.3 is 0 Å². The molecule has 0 aromatic heterocycles. The highest BCUT2D eigenvalue weighted by molar-refractivity contribution is 4.97. The van der Waals surface area contributed by atoms with Crippen molar-refractivity contribution in [3.63, 3.8) is 0 Å². The zero-order valence-corrected chi connectivity index (χ0v) is 8.90. The van der Waals surface area contributed by atoms with Gasteiger partial charge in [0.15, 0.2) is 0 Å². The van der Waals surface area contributed by atoms with Gasteiger partial charge in [0, 0.05) is 34.8 Å². The monoisotopic (exact) mass is 225 g/mol. The second-order valence-electron chi connectivity index (χ2n) is 2.99. The number of hydrazine groups is 1. The molecule has 0 bridgehead atoms. The van der Waals surface area contributed by atoms with Crippen LogP contribution in [0.1, 0.15) is 12.8 Å². The number of hydrogen-bond acceptors (Lipinski definition) is 5. The molecule has 0 saturated heterocycles. The summed E-state index contributed by atoms with van der Waals surface area (Å²) >= 11 is 0. The average molecular weight is 225 g/mol. The van der Waals surface area contributed by atoms with E-state index in [9.17, 15) is 0 Å². The van der Waals surface area contributed by atoms with Crippen LogP contribution in [-0.4, -0.2) is 24.6 Å². The van der Waals surface area contributed by atoms with Gasteiger partial charge in [-0.1, -0.05) is 10.2 Å². The van der Waals surface area contributed by atoms with Gasteiger partial charge in [-0.25, -0.2) is 5.84 Å². The highest BCUT2D eigenvalue weighted by Gasteiger charge is 1.95. The number of azide groups is 2. The molecule has 0 aliphatic heterocycles. The molecule has 0 saturated carbocycles. The van der Waals surface area contributed by atoms with E-state index in [1.807, 2.05) is 0 Å². The first kappa shape index (κ1) is 13.9. The Morgan fingerprint density at radius 3 is 2.56 bits per heavy atom. The Kier molecular flexibility index (Phi) is 8.24. The predicted octanol–water partition coefficient (Wildman–Crippen LogP) is 1.36. The van der Waals surface area contributed by atoms with E-state index < -0.39 is 0 Å². The normalized spacial score (nSPS) is 10.2. The summed E-state index contributed by atoms with van der Waals surface area (Å²) in [7, 11) is 0. The minimum Gasteiger partial charge on any atom is -0.401 e. The van der Waals surface area contributed by atoms with Crippen LogP contribution in [0.15, 0.2) is 22.1 Å². The molecule has 9 heteroatoms. The second-order valence-corrected chi connectivity index (χ2v) is 2.99. The SMILES string of the molecule is [N-]=[N+]=NCCCCN(N)/C=C(\N)CN=[N+]=[N-]. The van der Waals surface area contributed by atoms with Crippen molar-refractivity contribution in [2.24, 2.45) is 21.8 Å². The Bertz CT molecular complexity index is 310. The highest BCUT2D eigenvalue weighted by Crippen LogP contribution is 1.95. The lowest BCUT2D eigenvalue weighted by Crippen LogP contribution is -2.28. The van der Waals surface area contributed by atoms with Crippen LogP contribution in [-0.2, 0) is 0 Å². The molecule has 0 spiro atoms. The van der Waals surface area contributed by atoms with E-state index in [0.29, 0.717) is 18.8 Å². The quantitative estimate of drug-likeness (QED) is 0.160. The fourth-order valence-electron chi connectivity index (χ4n) is 0.953. The first-order chi connectivity index (χ1) is 7.70. The van der Waals surface area contributed by atoms with Gasteiger partial charge in [-0.2, -0.15) is 0 Å². The molecule has 0 unspecified atom stereocenters. The third-order valence-corrected chi connectivity index (χ3v) is 1.64. The van der Waals surface area contributed by atoms with Gasteiger partial charge in [-0.15, -0.1) is 0 Å². The summed E-state index contributed by atoms with van der Waals surface area (Å²) < 4.78 is 0. The molecular weight excluding hydrogens is 210 g/mol. The summed E-state index contributed by atoms with van der Waals surface area (Å²) in [5, 5.41) is 8.11. The predicted molar refractivity (Wildman–Crippen MR) is 60.4 cm³/mol. The van der Waals surface area contributed by atoms with Gasteiger partial charge in [0.2, 0.25) is 0 Å². The minimum absolute atomic E-state index is 0.100. The molecule has 0 aliphatic rings. The molecule has 0 atom stereocenters. The topological polar surface area (TPSA) is 153 Å². The van der Waals surface area contributed by atoms with Crippen LogP contribution in [0.2, 0.25) is 0 Å². The van der Waals surface area contributed by atoms with Crippen molar-refractivity contribution >= 4 is 0 Å². The summed E-state index contributed by atoms with van der Waals surface area (Å²) in [6, 6.07) is 0. The summed E-state index contributed by atoms with van der Waals surface area (Å²) in [6.07, 6.45) is 3.07. The van der Waals surface area contributed by atoms with Crippen molar-refractivity contribution < 1.29 is 0 Å². The van der Waals surface area contributed by atoms with Crippen LogP contribution in [0.4, 0.5) is 0 Å². The Balaban J connectivity index is 3.75. The van der Waals surface area contributed by atoms with Crippen LogP contribution < -0.4 is 11.6 Å². The van der Waals surface area contributed by atoms with Gasteiger partial charge in [0.1, 0.15) is 0 Å². The minimum atomic E-state index is 0.100. The average Bonchev–Trinajstić information content (AvgIpc) is 2.26. The van der Waals surface area contributed by atoms with Gasteiger partial charge in [0.25, 0.3) is 0 Å². The lowest BCUT2D eigenvalue weighted by atomic mass is 10.3. The third kappa shape index (κ3) is 8.52. The zero-order chi connectivity index (χ0) is 12.2. The van der Waals surface area contributed by atoms with Crippen molar-refractivity contribution in [3.8, 4) is 0 Å². The van der Waals surface area contributed by atoms with Crippen molar-refractivity contribution in [2.45, 2.75) is 12.8 Å². The van der Waals surface area contributed by atoms with E-state index in [-0.39, 0.29) is 6.54 Å². The Labute approximate surface area is 92.9 Å². The molecule has 0 rings (SSSR count). The molecular formula is C7H15N9. The second kappa shape index (κ2) is 9.47. The summed E-state index contributed by atoms with van der Waals surface area (Å²) in [5.74, 6) is 5.60. The third-order valence-electron chi connectivity index (χ3n) is 1.64. The molecule has 0 radical (unpaired) electrons. The molecule has 88 valence electrons. The fraction of sp³-hybridized carbons (Fsp3) is 0.714. The smallest absolute Gasteiger partial charge is 0.0671 e. The fourth-order valence-corrected chi connectivity index (χ4v) is 0.953. The van der Waals surface area contributed by atoms with Crippen LogP contribution in [0.25, 0.3) is 20.9 Å². The van der Waals surface area contributed by atoms with Crippen molar-refractivity contribution in [1.29, 1.82) is 0 Å². The van der Waals surface area contributed by atoms with Gasteiger partial charge in [0.05, 0.1) is 6.54 Å². The maximum absolute atomic E-state index is 8.06. The molecule has 0 amide bonds. The van der Waals surface area contributed by atoms with Gasteiger partial charge in [-0.05, 0) is 23.9 Å². The van der Waals surface area contributed by atoms with Crippen LogP contribution in [0.3, 0.4) is 0 Å². The number of nitrogens with two attached hydrogens (primary N) is 2. The van der Waals surface area contributed by atoms with E-state index in [2.05, 4.69) is 20.1 Å². The lowest BCUT2D eigenvalue weighted by Gasteiger charge is -2.13. The van der Waals surface area contributed by atoms with Crippen molar-refractivity contribution in [3.05, 3.63) is 32.8 Å². The lowest BCUT2D eigenvalue weighted by molar-refractivity contribution is 0.378. The van der Waals surface area contributed by atoms with Crippen molar-refractivity contribution in [2.75, 3.05) is 19.6 Å². The summed E-state index contributed by atoms with van der Waals surface area (Å²) in [6.45, 7) is 1.16. The first-order valence-corrected chi connectivity index (χ1v) is 4.70. The van der Waals surface area contributed by atoms with Gasteiger partial charge < -0.3 is 10.7 Å². The number of nitrogens with zero attached hydrogens (tertiary/aromatic N) is 7. The van der Waals surface area contributed by atoms with Crippen LogP contribution in [0, 0.1) is 0 Å². The number of unbranched alkanes of at least 4 members (excludes halogenated alkanes) is 1. The Hall–Kier alpha value is -2.08. The Morgan fingerprint density at radius 2 is 1.94 bits per heavy atom. The molecule has 0 aromatic carbocycles. The molecule has 4 N–H and O–H groups in total. The maximum Gasteiger partial charge on any atom is 0.0671 e. The number of hydrogen-bond donors (Lipinski definition) is 2.